The molecule has 0 saturated heterocycles. The number of ether oxygens (including phenoxy) is 2. The van der Waals surface area contributed by atoms with E-state index in [1.54, 1.807) is 12.1 Å². The smallest absolute Gasteiger partial charge is 0.341 e. The number of halogens is 1. The van der Waals surface area contributed by atoms with E-state index in [2.05, 4.69) is 22.4 Å². The molecule has 38 heavy (non-hydrogen) atoms. The number of unbranched alkanes of at least 4 members (excludes halogenated alkanes) is 1. The zero-order valence-corrected chi connectivity index (χ0v) is 23.6. The van der Waals surface area contributed by atoms with Crippen LogP contribution in [0, 0.1) is 0 Å². The molecule has 0 saturated carbocycles. The van der Waals surface area contributed by atoms with Crippen LogP contribution in [0.15, 0.2) is 59.1 Å². The number of nitrogens with one attached hydrogen (secondary N) is 1. The van der Waals surface area contributed by atoms with Crippen LogP contribution < -0.4 is 10.1 Å². The predicted molar refractivity (Wildman–Crippen MR) is 152 cm³/mol. The van der Waals surface area contributed by atoms with Crippen molar-refractivity contribution >= 4 is 51.6 Å². The molecular formula is C27H27ClN4O4S2. The summed E-state index contributed by atoms with van der Waals surface area (Å²) in [6.45, 7) is 2.82. The van der Waals surface area contributed by atoms with Gasteiger partial charge in [-0.15, -0.1) is 21.5 Å². The second kappa shape index (κ2) is 12.9. The van der Waals surface area contributed by atoms with E-state index < -0.39 is 5.97 Å². The van der Waals surface area contributed by atoms with Gasteiger partial charge < -0.3 is 19.4 Å². The van der Waals surface area contributed by atoms with Crippen LogP contribution in [0.2, 0.25) is 5.02 Å². The number of carbonyl (C=O) groups is 2. The van der Waals surface area contributed by atoms with Gasteiger partial charge in [-0.05, 0) is 48.4 Å². The summed E-state index contributed by atoms with van der Waals surface area (Å²) in [6.07, 6.45) is 2.10. The zero-order chi connectivity index (χ0) is 27.1. The number of methoxy groups -OCH3 is 1. The molecule has 1 N–H and O–H groups in total. The average Bonchev–Trinajstić information content (AvgIpc) is 3.51. The van der Waals surface area contributed by atoms with Crippen molar-refractivity contribution in [2.75, 3.05) is 24.8 Å². The quantitative estimate of drug-likeness (QED) is 0.124. The van der Waals surface area contributed by atoms with Gasteiger partial charge >= 0.3 is 5.97 Å². The number of amides is 1. The standard InChI is InChI=1S/C27H27ClN4O4S2/c1-4-5-14-36-20-12-8-18(9-13-20)24-30-31-27(32(24)2)38-16-22(33)29-25-23(26(34)35-3)21(15-37-25)17-6-10-19(28)11-7-17/h6-13,15H,4-5,14,16H2,1-3H3,(H,29,33). The number of nitrogens with zero attached hydrogens (tertiary/aromatic N) is 3. The third-order valence-corrected chi connectivity index (χ3v) is 7.80. The summed E-state index contributed by atoms with van der Waals surface area (Å²) < 4.78 is 12.5. The fraction of sp³-hybridized carbons (Fsp3) is 0.259. The van der Waals surface area contributed by atoms with Gasteiger partial charge in [0.05, 0.1) is 19.5 Å². The summed E-state index contributed by atoms with van der Waals surface area (Å²) in [5.41, 5.74) is 2.67. The van der Waals surface area contributed by atoms with Gasteiger partial charge in [0.25, 0.3) is 0 Å². The highest BCUT2D eigenvalue weighted by Crippen LogP contribution is 2.37. The number of carbonyl (C=O) groups excluding carboxylic acids is 2. The lowest BCUT2D eigenvalue weighted by atomic mass is 10.0. The number of benzene rings is 2. The molecule has 0 atom stereocenters. The fourth-order valence-corrected chi connectivity index (χ4v) is 5.43. The number of aromatic nitrogens is 3. The van der Waals surface area contributed by atoms with Crippen molar-refractivity contribution < 1.29 is 19.1 Å². The number of esters is 1. The lowest BCUT2D eigenvalue weighted by Crippen LogP contribution is -2.16. The third kappa shape index (κ3) is 6.56. The molecule has 4 rings (SSSR count). The van der Waals surface area contributed by atoms with Crippen molar-refractivity contribution in [3.63, 3.8) is 0 Å². The molecule has 4 aromatic rings. The topological polar surface area (TPSA) is 95.3 Å². The first-order valence-electron chi connectivity index (χ1n) is 11.9. The van der Waals surface area contributed by atoms with E-state index in [4.69, 9.17) is 21.1 Å². The molecule has 0 spiro atoms. The van der Waals surface area contributed by atoms with Gasteiger partial charge in [-0.3, -0.25) is 4.79 Å². The van der Waals surface area contributed by atoms with Crippen molar-refractivity contribution in [1.82, 2.24) is 14.8 Å². The predicted octanol–water partition coefficient (Wildman–Crippen LogP) is 6.56. The summed E-state index contributed by atoms with van der Waals surface area (Å²) in [4.78, 5) is 25.4. The molecule has 2 aromatic heterocycles. The largest absolute Gasteiger partial charge is 0.494 e. The van der Waals surface area contributed by atoms with Crippen molar-refractivity contribution in [1.29, 1.82) is 0 Å². The number of anilines is 1. The monoisotopic (exact) mass is 570 g/mol. The summed E-state index contributed by atoms with van der Waals surface area (Å²) in [7, 11) is 3.17. The van der Waals surface area contributed by atoms with Crippen LogP contribution in [-0.2, 0) is 16.6 Å². The van der Waals surface area contributed by atoms with Crippen molar-refractivity contribution in [3.8, 4) is 28.3 Å². The number of thioether (sulfide) groups is 1. The van der Waals surface area contributed by atoms with E-state index in [0.29, 0.717) is 38.7 Å². The molecule has 0 aliphatic heterocycles. The van der Waals surface area contributed by atoms with Crippen LogP contribution in [0.4, 0.5) is 5.00 Å². The molecule has 0 unspecified atom stereocenters. The van der Waals surface area contributed by atoms with Crippen LogP contribution in [0.1, 0.15) is 30.1 Å². The number of thiophene rings is 1. The Labute approximate surface area is 234 Å². The highest BCUT2D eigenvalue weighted by Gasteiger charge is 2.23. The molecule has 8 nitrogen and oxygen atoms in total. The Morgan fingerprint density at radius 1 is 1.08 bits per heavy atom. The zero-order valence-electron chi connectivity index (χ0n) is 21.2. The summed E-state index contributed by atoms with van der Waals surface area (Å²) in [5, 5.41) is 14.8. The average molecular weight is 571 g/mol. The normalized spacial score (nSPS) is 10.8. The van der Waals surface area contributed by atoms with E-state index in [1.807, 2.05) is 53.4 Å². The van der Waals surface area contributed by atoms with E-state index in [0.717, 1.165) is 29.7 Å². The highest BCUT2D eigenvalue weighted by molar-refractivity contribution is 7.99. The van der Waals surface area contributed by atoms with Crippen LogP contribution in [0.3, 0.4) is 0 Å². The molecule has 0 bridgehead atoms. The Bertz CT molecular complexity index is 1400. The second-order valence-electron chi connectivity index (χ2n) is 8.28. The Kier molecular flexibility index (Phi) is 9.43. The minimum Gasteiger partial charge on any atom is -0.494 e. The number of hydrogen-bond donors (Lipinski definition) is 1. The molecule has 11 heteroatoms. The minimum absolute atomic E-state index is 0.0883. The Morgan fingerprint density at radius 2 is 1.79 bits per heavy atom. The van der Waals surface area contributed by atoms with Gasteiger partial charge in [-0.25, -0.2) is 4.79 Å². The van der Waals surface area contributed by atoms with Gasteiger partial charge in [-0.1, -0.05) is 48.8 Å². The van der Waals surface area contributed by atoms with Crippen molar-refractivity contribution in [3.05, 3.63) is 64.5 Å². The first-order chi connectivity index (χ1) is 18.4. The fourth-order valence-electron chi connectivity index (χ4n) is 3.62. The molecular weight excluding hydrogens is 544 g/mol. The SMILES string of the molecule is CCCCOc1ccc(-c2nnc(SCC(=O)Nc3scc(-c4ccc(Cl)cc4)c3C(=O)OC)n2C)cc1. The molecule has 0 aliphatic rings. The van der Waals surface area contributed by atoms with Crippen molar-refractivity contribution in [2.24, 2.45) is 7.05 Å². The van der Waals surface area contributed by atoms with Crippen LogP contribution in [-0.4, -0.2) is 46.1 Å². The molecule has 1 amide bonds. The Hall–Kier alpha value is -3.34. The molecule has 2 heterocycles. The summed E-state index contributed by atoms with van der Waals surface area (Å²) in [5.74, 6) is 0.786. The summed E-state index contributed by atoms with van der Waals surface area (Å²) >= 11 is 8.52. The third-order valence-electron chi connectivity index (χ3n) is 5.64. The van der Waals surface area contributed by atoms with Crippen LogP contribution >= 0.6 is 34.7 Å². The first kappa shape index (κ1) is 27.7. The number of hydrogen-bond acceptors (Lipinski definition) is 8. The van der Waals surface area contributed by atoms with Crippen LogP contribution in [0.25, 0.3) is 22.5 Å². The lowest BCUT2D eigenvalue weighted by Gasteiger charge is -2.08. The lowest BCUT2D eigenvalue weighted by molar-refractivity contribution is -0.113. The van der Waals surface area contributed by atoms with Crippen LogP contribution in [0.5, 0.6) is 5.75 Å². The maximum absolute atomic E-state index is 12.8. The highest BCUT2D eigenvalue weighted by atomic mass is 35.5. The van der Waals surface area contributed by atoms with E-state index in [-0.39, 0.29) is 11.7 Å². The van der Waals surface area contributed by atoms with Gasteiger partial charge in [0.15, 0.2) is 11.0 Å². The number of rotatable bonds is 11. The second-order valence-corrected chi connectivity index (χ2v) is 10.5. The Morgan fingerprint density at radius 3 is 2.47 bits per heavy atom. The van der Waals surface area contributed by atoms with Gasteiger partial charge in [0.1, 0.15) is 16.3 Å². The van der Waals surface area contributed by atoms with Gasteiger partial charge in [0.2, 0.25) is 5.91 Å². The Balaban J connectivity index is 1.42. The molecule has 0 aliphatic carbocycles. The van der Waals surface area contributed by atoms with E-state index in [1.165, 1.54) is 30.2 Å². The maximum atomic E-state index is 12.8. The first-order valence-corrected chi connectivity index (χ1v) is 14.2. The van der Waals surface area contributed by atoms with E-state index in [9.17, 15) is 9.59 Å². The van der Waals surface area contributed by atoms with E-state index >= 15 is 0 Å². The van der Waals surface area contributed by atoms with Gasteiger partial charge in [-0.2, -0.15) is 0 Å². The molecule has 0 radical (unpaired) electrons. The minimum atomic E-state index is -0.529. The molecule has 2 aromatic carbocycles. The molecule has 0 fully saturated rings. The van der Waals surface area contributed by atoms with Gasteiger partial charge in [0, 0.05) is 28.6 Å². The maximum Gasteiger partial charge on any atom is 0.341 e. The summed E-state index contributed by atoms with van der Waals surface area (Å²) in [6, 6.07) is 14.8. The molecule has 198 valence electrons. The van der Waals surface area contributed by atoms with Crippen molar-refractivity contribution in [2.45, 2.75) is 24.9 Å².